The molecule has 0 radical (unpaired) electrons. The quantitative estimate of drug-likeness (QED) is 0.858. The van der Waals surface area contributed by atoms with Crippen LogP contribution in [0, 0.1) is 0 Å². The Labute approximate surface area is 123 Å². The summed E-state index contributed by atoms with van der Waals surface area (Å²) < 4.78 is 0. The van der Waals surface area contributed by atoms with Gasteiger partial charge in [-0.1, -0.05) is 0 Å². The lowest BCUT2D eigenvalue weighted by molar-refractivity contribution is -0.137. The van der Waals surface area contributed by atoms with Crippen LogP contribution < -0.4 is 0 Å². The molecule has 0 fully saturated rings. The van der Waals surface area contributed by atoms with Crippen molar-refractivity contribution < 1.29 is 14.7 Å². The number of carboxylic acid groups (broad SMARTS) is 1. The van der Waals surface area contributed by atoms with Crippen LogP contribution in [0.4, 0.5) is 0 Å². The minimum Gasteiger partial charge on any atom is -0.481 e. The number of carboxylic acids is 1. The Bertz CT molecular complexity index is 646. The maximum absolute atomic E-state index is 12.6. The average molecular weight is 288 g/mol. The number of benzene rings is 1. The maximum Gasteiger partial charge on any atom is 0.303 e. The second kappa shape index (κ2) is 6.43. The Kier molecular flexibility index (Phi) is 4.62. The number of aromatic nitrogens is 1. The summed E-state index contributed by atoms with van der Waals surface area (Å²) in [6.45, 7) is 4.33. The summed E-state index contributed by atoms with van der Waals surface area (Å²) in [6, 6.07) is 7.51. The molecule has 5 nitrogen and oxygen atoms in total. The third kappa shape index (κ3) is 3.62. The number of nitrogens with one attached hydrogen (secondary N) is 1. The van der Waals surface area contributed by atoms with Crippen molar-refractivity contribution in [3.8, 4) is 0 Å². The van der Waals surface area contributed by atoms with E-state index in [1.54, 1.807) is 11.0 Å². The molecule has 1 heterocycles. The molecule has 0 saturated carbocycles. The topological polar surface area (TPSA) is 73.4 Å². The van der Waals surface area contributed by atoms with E-state index in [1.807, 2.05) is 38.2 Å². The molecule has 0 bridgehead atoms. The fourth-order valence-corrected chi connectivity index (χ4v) is 2.35. The van der Waals surface area contributed by atoms with Gasteiger partial charge in [0.25, 0.3) is 5.91 Å². The van der Waals surface area contributed by atoms with Crippen molar-refractivity contribution >= 4 is 22.8 Å². The van der Waals surface area contributed by atoms with Gasteiger partial charge >= 0.3 is 5.97 Å². The average Bonchev–Trinajstić information content (AvgIpc) is 2.89. The van der Waals surface area contributed by atoms with Gasteiger partial charge in [-0.05, 0) is 44.5 Å². The number of nitrogens with zero attached hydrogens (tertiary/aromatic N) is 1. The predicted molar refractivity (Wildman–Crippen MR) is 81.3 cm³/mol. The molecule has 5 heteroatoms. The molecular formula is C16H20N2O3. The van der Waals surface area contributed by atoms with E-state index in [4.69, 9.17) is 5.11 Å². The lowest BCUT2D eigenvalue weighted by atomic mass is 10.1. The minimum atomic E-state index is -0.833. The Morgan fingerprint density at radius 1 is 1.29 bits per heavy atom. The van der Waals surface area contributed by atoms with Crippen LogP contribution in [0.25, 0.3) is 10.9 Å². The predicted octanol–water partition coefficient (Wildman–Crippen LogP) is 2.88. The van der Waals surface area contributed by atoms with Crippen LogP contribution in [0.5, 0.6) is 0 Å². The van der Waals surface area contributed by atoms with E-state index in [-0.39, 0.29) is 18.4 Å². The highest BCUT2D eigenvalue weighted by Crippen LogP contribution is 2.17. The van der Waals surface area contributed by atoms with Gasteiger partial charge in [0.15, 0.2) is 0 Å². The van der Waals surface area contributed by atoms with Crippen LogP contribution in [0.3, 0.4) is 0 Å². The van der Waals surface area contributed by atoms with E-state index < -0.39 is 5.97 Å². The first-order chi connectivity index (χ1) is 9.99. The summed E-state index contributed by atoms with van der Waals surface area (Å²) in [5, 5.41) is 9.70. The zero-order chi connectivity index (χ0) is 15.4. The van der Waals surface area contributed by atoms with Crippen molar-refractivity contribution in [2.45, 2.75) is 32.7 Å². The molecule has 0 aliphatic heterocycles. The van der Waals surface area contributed by atoms with Gasteiger partial charge in [-0.2, -0.15) is 0 Å². The minimum absolute atomic E-state index is 0.0354. The molecule has 1 amide bonds. The number of amides is 1. The molecule has 21 heavy (non-hydrogen) atoms. The number of aromatic amines is 1. The number of hydrogen-bond acceptors (Lipinski definition) is 2. The number of hydrogen-bond donors (Lipinski definition) is 2. The number of aliphatic carboxylic acids is 1. The van der Waals surface area contributed by atoms with Crippen molar-refractivity contribution in [3.05, 3.63) is 36.0 Å². The van der Waals surface area contributed by atoms with Crippen molar-refractivity contribution in [1.29, 1.82) is 0 Å². The summed E-state index contributed by atoms with van der Waals surface area (Å²) >= 11 is 0. The van der Waals surface area contributed by atoms with Crippen LogP contribution in [0.15, 0.2) is 30.5 Å². The smallest absolute Gasteiger partial charge is 0.303 e. The van der Waals surface area contributed by atoms with E-state index in [0.717, 1.165) is 10.9 Å². The molecule has 0 aliphatic carbocycles. The highest BCUT2D eigenvalue weighted by Gasteiger charge is 2.19. The third-order valence-corrected chi connectivity index (χ3v) is 3.47. The summed E-state index contributed by atoms with van der Waals surface area (Å²) in [7, 11) is 0. The number of H-pyrrole nitrogens is 1. The van der Waals surface area contributed by atoms with Crippen LogP contribution in [0.1, 0.15) is 37.0 Å². The molecule has 2 rings (SSSR count). The molecule has 112 valence electrons. The molecule has 0 atom stereocenters. The van der Waals surface area contributed by atoms with Crippen LogP contribution in [-0.2, 0) is 4.79 Å². The second-order valence-electron chi connectivity index (χ2n) is 5.37. The lowest BCUT2D eigenvalue weighted by Gasteiger charge is -2.26. The molecular weight excluding hydrogens is 268 g/mol. The van der Waals surface area contributed by atoms with Gasteiger partial charge in [0.1, 0.15) is 0 Å². The Hall–Kier alpha value is -2.30. The third-order valence-electron chi connectivity index (χ3n) is 3.47. The highest BCUT2D eigenvalue weighted by atomic mass is 16.4. The van der Waals surface area contributed by atoms with E-state index in [2.05, 4.69) is 4.98 Å². The summed E-state index contributed by atoms with van der Waals surface area (Å²) in [5.74, 6) is -0.890. The van der Waals surface area contributed by atoms with Gasteiger partial charge in [-0.15, -0.1) is 0 Å². The number of fused-ring (bicyclic) bond motifs is 1. The Morgan fingerprint density at radius 3 is 2.71 bits per heavy atom. The van der Waals surface area contributed by atoms with Crippen LogP contribution >= 0.6 is 0 Å². The maximum atomic E-state index is 12.6. The fraction of sp³-hybridized carbons (Fsp3) is 0.375. The summed E-state index contributed by atoms with van der Waals surface area (Å²) in [4.78, 5) is 28.0. The van der Waals surface area contributed by atoms with Gasteiger partial charge in [0.2, 0.25) is 0 Å². The highest BCUT2D eigenvalue weighted by molar-refractivity contribution is 5.98. The van der Waals surface area contributed by atoms with Crippen molar-refractivity contribution in [2.75, 3.05) is 6.54 Å². The zero-order valence-corrected chi connectivity index (χ0v) is 12.3. The molecule has 0 saturated heterocycles. The van der Waals surface area contributed by atoms with Gasteiger partial charge in [0, 0.05) is 41.7 Å². The normalized spacial score (nSPS) is 11.0. The molecule has 1 aromatic heterocycles. The monoisotopic (exact) mass is 288 g/mol. The summed E-state index contributed by atoms with van der Waals surface area (Å²) in [5.41, 5.74) is 1.62. The van der Waals surface area contributed by atoms with Gasteiger partial charge in [0.05, 0.1) is 0 Å². The SMILES string of the molecule is CC(C)N(CCCC(=O)O)C(=O)c1ccc2[nH]ccc2c1. The Morgan fingerprint density at radius 2 is 2.05 bits per heavy atom. The number of rotatable bonds is 6. The first kappa shape index (κ1) is 15.1. The molecule has 0 spiro atoms. The number of carbonyl (C=O) groups excluding carboxylic acids is 1. The largest absolute Gasteiger partial charge is 0.481 e. The molecule has 1 aromatic carbocycles. The number of carbonyl (C=O) groups is 2. The Balaban J connectivity index is 2.14. The standard InChI is InChI=1S/C16H20N2O3/c1-11(2)18(9-3-4-15(19)20)16(21)13-5-6-14-12(10-13)7-8-17-14/h5-8,10-11,17H,3-4,9H2,1-2H3,(H,19,20). The van der Waals surface area contributed by atoms with Crippen LogP contribution in [-0.4, -0.2) is 39.5 Å². The first-order valence-corrected chi connectivity index (χ1v) is 7.09. The molecule has 0 unspecified atom stereocenters. The van der Waals surface area contributed by atoms with E-state index in [0.29, 0.717) is 18.5 Å². The van der Waals surface area contributed by atoms with Crippen molar-refractivity contribution in [2.24, 2.45) is 0 Å². The molecule has 2 aromatic rings. The van der Waals surface area contributed by atoms with Crippen molar-refractivity contribution in [1.82, 2.24) is 9.88 Å². The van der Waals surface area contributed by atoms with Gasteiger partial charge in [-0.25, -0.2) is 0 Å². The van der Waals surface area contributed by atoms with E-state index in [1.165, 1.54) is 0 Å². The van der Waals surface area contributed by atoms with Gasteiger partial charge < -0.3 is 15.0 Å². The molecule has 0 aliphatic rings. The van der Waals surface area contributed by atoms with Gasteiger partial charge in [-0.3, -0.25) is 9.59 Å². The fourth-order valence-electron chi connectivity index (χ4n) is 2.35. The second-order valence-corrected chi connectivity index (χ2v) is 5.37. The van der Waals surface area contributed by atoms with Crippen molar-refractivity contribution in [3.63, 3.8) is 0 Å². The lowest BCUT2D eigenvalue weighted by Crippen LogP contribution is -2.37. The van der Waals surface area contributed by atoms with E-state index in [9.17, 15) is 9.59 Å². The van der Waals surface area contributed by atoms with Crippen LogP contribution in [0.2, 0.25) is 0 Å². The first-order valence-electron chi connectivity index (χ1n) is 7.09. The summed E-state index contributed by atoms with van der Waals surface area (Å²) in [6.07, 6.45) is 2.38. The zero-order valence-electron chi connectivity index (χ0n) is 12.3. The van der Waals surface area contributed by atoms with E-state index >= 15 is 0 Å². The molecule has 2 N–H and O–H groups in total.